The van der Waals surface area contributed by atoms with Gasteiger partial charge in [-0.15, -0.1) is 0 Å². The van der Waals surface area contributed by atoms with Gasteiger partial charge in [-0.1, -0.05) is 66.2 Å². The molecule has 106 valence electrons. The Morgan fingerprint density at radius 3 is 2.09 bits per heavy atom. The second-order valence-electron chi connectivity index (χ2n) is 5.42. The maximum Gasteiger partial charge on any atom is 0.0711 e. The average molecular weight is 304 g/mol. The molecule has 0 saturated carbocycles. The summed E-state index contributed by atoms with van der Waals surface area (Å²) in [6.45, 7) is 0. The van der Waals surface area contributed by atoms with Gasteiger partial charge < -0.3 is 0 Å². The monoisotopic (exact) mass is 303 g/mol. The summed E-state index contributed by atoms with van der Waals surface area (Å²) in [6.07, 6.45) is 0.808. The largest absolute Gasteiger partial charge is 0.252 e. The van der Waals surface area contributed by atoms with Crippen molar-refractivity contribution >= 4 is 33.3 Å². The Kier molecular flexibility index (Phi) is 3.28. The second-order valence-corrected chi connectivity index (χ2v) is 5.86. The van der Waals surface area contributed by atoms with Gasteiger partial charge in [0.15, 0.2) is 0 Å². The molecule has 0 atom stereocenters. The van der Waals surface area contributed by atoms with Crippen LogP contribution < -0.4 is 0 Å². The standard InChI is InChI=1S/C20H14ClN/c21-15-11-9-14(10-12-15)13-20-18-7-2-1-5-16(18)17-6-3-4-8-19(17)22-20/h1-12H,13H2. The van der Waals surface area contributed by atoms with E-state index in [1.54, 1.807) is 0 Å². The van der Waals surface area contributed by atoms with E-state index in [1.165, 1.54) is 21.7 Å². The maximum atomic E-state index is 5.97. The van der Waals surface area contributed by atoms with Crippen molar-refractivity contribution in [3.05, 3.63) is 89.1 Å². The van der Waals surface area contributed by atoms with Gasteiger partial charge in [-0.05, 0) is 29.1 Å². The van der Waals surface area contributed by atoms with Crippen molar-refractivity contribution in [3.63, 3.8) is 0 Å². The minimum Gasteiger partial charge on any atom is -0.252 e. The van der Waals surface area contributed by atoms with Gasteiger partial charge >= 0.3 is 0 Å². The van der Waals surface area contributed by atoms with E-state index in [4.69, 9.17) is 16.6 Å². The fraction of sp³-hybridized carbons (Fsp3) is 0.0500. The molecular formula is C20H14ClN. The zero-order chi connectivity index (χ0) is 14.9. The van der Waals surface area contributed by atoms with Gasteiger partial charge in [-0.25, -0.2) is 0 Å². The van der Waals surface area contributed by atoms with Crippen LogP contribution in [0.5, 0.6) is 0 Å². The predicted octanol–water partition coefficient (Wildman–Crippen LogP) is 5.63. The Hall–Kier alpha value is -2.38. The van der Waals surface area contributed by atoms with Crippen LogP contribution >= 0.6 is 11.6 Å². The van der Waals surface area contributed by atoms with Crippen molar-refractivity contribution in [1.29, 1.82) is 0 Å². The molecule has 0 saturated heterocycles. The highest BCUT2D eigenvalue weighted by Crippen LogP contribution is 2.27. The van der Waals surface area contributed by atoms with Crippen molar-refractivity contribution < 1.29 is 0 Å². The number of halogens is 1. The van der Waals surface area contributed by atoms with Crippen molar-refractivity contribution in [2.75, 3.05) is 0 Å². The Balaban J connectivity index is 1.93. The minimum atomic E-state index is 0.764. The summed E-state index contributed by atoms with van der Waals surface area (Å²) in [4.78, 5) is 4.89. The van der Waals surface area contributed by atoms with Crippen molar-refractivity contribution in [3.8, 4) is 0 Å². The summed E-state index contributed by atoms with van der Waals surface area (Å²) in [6, 6.07) is 24.8. The normalized spacial score (nSPS) is 11.1. The SMILES string of the molecule is Clc1ccc(Cc2nc3ccccc3c3ccccc23)cc1. The number of fused-ring (bicyclic) bond motifs is 3. The number of rotatable bonds is 2. The fourth-order valence-electron chi connectivity index (χ4n) is 2.90. The molecule has 0 aliphatic rings. The minimum absolute atomic E-state index is 0.764. The van der Waals surface area contributed by atoms with Gasteiger partial charge in [0.25, 0.3) is 0 Å². The molecule has 0 fully saturated rings. The summed E-state index contributed by atoms with van der Waals surface area (Å²) in [5.74, 6) is 0. The average Bonchev–Trinajstić information content (AvgIpc) is 2.57. The third-order valence-electron chi connectivity index (χ3n) is 3.97. The van der Waals surface area contributed by atoms with Crippen LogP contribution in [0.25, 0.3) is 21.7 Å². The number of para-hydroxylation sites is 1. The third-order valence-corrected chi connectivity index (χ3v) is 4.22. The van der Waals surface area contributed by atoms with Crippen LogP contribution in [0.3, 0.4) is 0 Å². The van der Waals surface area contributed by atoms with Gasteiger partial charge in [-0.2, -0.15) is 0 Å². The first-order chi connectivity index (χ1) is 10.8. The van der Waals surface area contributed by atoms with Crippen LogP contribution in [0.2, 0.25) is 5.02 Å². The van der Waals surface area contributed by atoms with Crippen LogP contribution in [0.4, 0.5) is 0 Å². The molecule has 0 spiro atoms. The van der Waals surface area contributed by atoms with Gasteiger partial charge in [0.1, 0.15) is 0 Å². The Bertz CT molecular complexity index is 958. The second kappa shape index (κ2) is 5.43. The molecule has 0 unspecified atom stereocenters. The van der Waals surface area contributed by atoms with Crippen LogP contribution in [0.1, 0.15) is 11.3 Å². The van der Waals surface area contributed by atoms with Crippen LogP contribution in [-0.4, -0.2) is 4.98 Å². The molecule has 4 rings (SSSR count). The molecule has 0 bridgehead atoms. The summed E-state index contributed by atoms with van der Waals surface area (Å²) in [7, 11) is 0. The van der Waals surface area contributed by atoms with E-state index < -0.39 is 0 Å². The van der Waals surface area contributed by atoms with Gasteiger partial charge in [-0.3, -0.25) is 4.98 Å². The topological polar surface area (TPSA) is 12.9 Å². The first-order valence-corrected chi connectivity index (χ1v) is 7.70. The summed E-state index contributed by atoms with van der Waals surface area (Å²) in [5, 5.41) is 4.45. The summed E-state index contributed by atoms with van der Waals surface area (Å²) < 4.78 is 0. The molecule has 0 aliphatic heterocycles. The summed E-state index contributed by atoms with van der Waals surface area (Å²) >= 11 is 5.97. The smallest absolute Gasteiger partial charge is 0.0711 e. The summed E-state index contributed by atoms with van der Waals surface area (Å²) in [5.41, 5.74) is 3.37. The highest BCUT2D eigenvalue weighted by atomic mass is 35.5. The Morgan fingerprint density at radius 1 is 0.682 bits per heavy atom. The molecular weight excluding hydrogens is 290 g/mol. The first-order valence-electron chi connectivity index (χ1n) is 7.32. The molecule has 22 heavy (non-hydrogen) atoms. The lowest BCUT2D eigenvalue weighted by atomic mass is 10.0. The van der Waals surface area contributed by atoms with E-state index in [0.717, 1.165) is 22.7 Å². The highest BCUT2D eigenvalue weighted by Gasteiger charge is 2.08. The predicted molar refractivity (Wildman–Crippen MR) is 93.5 cm³/mol. The molecule has 0 amide bonds. The van der Waals surface area contributed by atoms with E-state index >= 15 is 0 Å². The lowest BCUT2D eigenvalue weighted by Gasteiger charge is -2.10. The van der Waals surface area contributed by atoms with Crippen molar-refractivity contribution in [2.45, 2.75) is 6.42 Å². The fourth-order valence-corrected chi connectivity index (χ4v) is 3.03. The van der Waals surface area contributed by atoms with Crippen molar-refractivity contribution in [2.24, 2.45) is 0 Å². The molecule has 0 N–H and O–H groups in total. The van der Waals surface area contributed by atoms with Gasteiger partial charge in [0, 0.05) is 22.2 Å². The lowest BCUT2D eigenvalue weighted by molar-refractivity contribution is 1.12. The zero-order valence-corrected chi connectivity index (χ0v) is 12.7. The molecule has 0 radical (unpaired) electrons. The van der Waals surface area contributed by atoms with Crippen LogP contribution in [0, 0.1) is 0 Å². The zero-order valence-electron chi connectivity index (χ0n) is 12.0. The number of pyridine rings is 1. The molecule has 0 aliphatic carbocycles. The molecule has 2 heteroatoms. The molecule has 3 aromatic carbocycles. The van der Waals surface area contributed by atoms with Gasteiger partial charge in [0.05, 0.1) is 11.2 Å². The Labute approximate surface area is 134 Å². The van der Waals surface area contributed by atoms with E-state index in [-0.39, 0.29) is 0 Å². The van der Waals surface area contributed by atoms with E-state index in [9.17, 15) is 0 Å². The van der Waals surface area contributed by atoms with Gasteiger partial charge in [0.2, 0.25) is 0 Å². The maximum absolute atomic E-state index is 5.97. The Morgan fingerprint density at radius 2 is 1.32 bits per heavy atom. The number of aromatic nitrogens is 1. The van der Waals surface area contributed by atoms with E-state index in [2.05, 4.69) is 54.6 Å². The van der Waals surface area contributed by atoms with Crippen LogP contribution in [-0.2, 0) is 6.42 Å². The molecule has 1 nitrogen and oxygen atoms in total. The molecule has 1 aromatic heterocycles. The van der Waals surface area contributed by atoms with Crippen LogP contribution in [0.15, 0.2) is 72.8 Å². The van der Waals surface area contributed by atoms with E-state index in [1.807, 2.05) is 18.2 Å². The lowest BCUT2D eigenvalue weighted by Crippen LogP contribution is -1.95. The third kappa shape index (κ3) is 2.34. The highest BCUT2D eigenvalue weighted by molar-refractivity contribution is 6.30. The quantitative estimate of drug-likeness (QED) is 0.437. The number of hydrogen-bond acceptors (Lipinski definition) is 1. The first kappa shape index (κ1) is 13.3. The van der Waals surface area contributed by atoms with E-state index in [0.29, 0.717) is 0 Å². The number of benzene rings is 3. The molecule has 4 aromatic rings. The number of nitrogens with zero attached hydrogens (tertiary/aromatic N) is 1. The number of hydrogen-bond donors (Lipinski definition) is 0. The van der Waals surface area contributed by atoms with Crippen molar-refractivity contribution in [1.82, 2.24) is 4.98 Å². The molecule has 1 heterocycles.